The van der Waals surface area contributed by atoms with E-state index in [9.17, 15) is 19.2 Å². The van der Waals surface area contributed by atoms with Gasteiger partial charge in [0.25, 0.3) is 11.8 Å². The van der Waals surface area contributed by atoms with Crippen LogP contribution in [-0.2, 0) is 22.7 Å². The van der Waals surface area contributed by atoms with Gasteiger partial charge in [0.1, 0.15) is 12.1 Å². The zero-order valence-electron chi connectivity index (χ0n) is 39.1. The molecular formula is C56H60N8O4. The van der Waals surface area contributed by atoms with E-state index in [1.807, 2.05) is 198 Å². The molecule has 0 bridgehead atoms. The van der Waals surface area contributed by atoms with Gasteiger partial charge in [-0.3, -0.25) is 19.2 Å². The van der Waals surface area contributed by atoms with Gasteiger partial charge in [0.2, 0.25) is 11.8 Å². The van der Waals surface area contributed by atoms with E-state index in [2.05, 4.69) is 31.1 Å². The molecule has 4 amide bonds. The zero-order valence-corrected chi connectivity index (χ0v) is 39.1. The first kappa shape index (κ1) is 47.0. The maximum atomic E-state index is 14.2. The molecule has 8 rings (SSSR count). The Balaban J connectivity index is 0.873. The molecule has 6 aromatic rings. The lowest BCUT2D eigenvalue weighted by atomic mass is 10.1. The van der Waals surface area contributed by atoms with Crippen molar-refractivity contribution in [3.63, 3.8) is 0 Å². The molecule has 2 saturated heterocycles. The molecule has 2 fully saturated rings. The molecule has 12 heteroatoms. The molecule has 0 aromatic heterocycles. The lowest BCUT2D eigenvalue weighted by Gasteiger charge is -2.25. The van der Waals surface area contributed by atoms with Crippen molar-refractivity contribution in [2.24, 2.45) is 0 Å². The summed E-state index contributed by atoms with van der Waals surface area (Å²) in [5.41, 5.74) is 7.87. The number of para-hydroxylation sites is 2. The highest BCUT2D eigenvalue weighted by atomic mass is 16.2. The molecule has 2 aliphatic heterocycles. The van der Waals surface area contributed by atoms with Gasteiger partial charge >= 0.3 is 0 Å². The Hall–Kier alpha value is -7.54. The topological polar surface area (TPSA) is 129 Å². The normalized spacial score (nSPS) is 18.0. The largest absolute Gasteiger partial charge is 0.380 e. The van der Waals surface area contributed by atoms with E-state index >= 15 is 0 Å². The number of carbonyl (C=O) groups excluding carboxylic acids is 4. The molecule has 0 saturated carbocycles. The van der Waals surface area contributed by atoms with Gasteiger partial charge in [-0.15, -0.1) is 0 Å². The van der Waals surface area contributed by atoms with Gasteiger partial charge in [0.15, 0.2) is 0 Å². The minimum atomic E-state index is -0.644. The van der Waals surface area contributed by atoms with Crippen LogP contribution in [0.2, 0.25) is 0 Å². The van der Waals surface area contributed by atoms with Crippen LogP contribution in [-0.4, -0.2) is 109 Å². The summed E-state index contributed by atoms with van der Waals surface area (Å²) in [6.07, 6.45) is 5.01. The molecular weight excluding hydrogens is 849 g/mol. The molecule has 68 heavy (non-hydrogen) atoms. The fourth-order valence-electron chi connectivity index (χ4n) is 8.86. The van der Waals surface area contributed by atoms with E-state index < -0.39 is 12.1 Å². The van der Waals surface area contributed by atoms with Crippen LogP contribution in [0.4, 0.5) is 22.7 Å². The van der Waals surface area contributed by atoms with Crippen molar-refractivity contribution in [2.45, 2.75) is 50.1 Å². The molecule has 0 radical (unpaired) electrons. The molecule has 4 N–H and O–H groups in total. The third-order valence-electron chi connectivity index (χ3n) is 12.9. The summed E-state index contributed by atoms with van der Waals surface area (Å²) in [4.78, 5) is 63.7. The Morgan fingerprint density at radius 2 is 0.838 bits per heavy atom. The maximum absolute atomic E-state index is 14.2. The zero-order chi connectivity index (χ0) is 47.6. The van der Waals surface area contributed by atoms with Crippen molar-refractivity contribution in [2.75, 3.05) is 62.5 Å². The molecule has 6 aromatic carbocycles. The lowest BCUT2D eigenvalue weighted by molar-refractivity contribution is -0.120. The number of benzene rings is 6. The number of amides is 4. The van der Waals surface area contributed by atoms with Crippen molar-refractivity contribution in [1.82, 2.24) is 19.6 Å². The second-order valence-corrected chi connectivity index (χ2v) is 18.0. The number of anilines is 4. The summed E-state index contributed by atoms with van der Waals surface area (Å²) in [5, 5.41) is 13.0. The monoisotopic (exact) mass is 908 g/mol. The molecule has 4 atom stereocenters. The SMILES string of the molecule is CN(C)[C@H]1C[C@@H](C(=O)Nc2ccc(C=Cc3ccc(NC(=O)[C@@H]4C[C@H](N(C)C)CN4C(=O)c4ccccc4NCc4ccccc4)cc3)cc2)N(C(=O)c2ccccc2NCc2ccccc2)C1. The average molecular weight is 909 g/mol. The maximum Gasteiger partial charge on any atom is 0.256 e. The number of rotatable bonds is 16. The van der Waals surface area contributed by atoms with Crippen molar-refractivity contribution < 1.29 is 19.2 Å². The average Bonchev–Trinajstić information content (AvgIpc) is 4.03. The van der Waals surface area contributed by atoms with E-state index in [-0.39, 0.29) is 35.7 Å². The predicted molar refractivity (Wildman–Crippen MR) is 273 cm³/mol. The van der Waals surface area contributed by atoms with Gasteiger partial charge in [-0.25, -0.2) is 0 Å². The number of carbonyl (C=O) groups is 4. The third kappa shape index (κ3) is 11.5. The summed E-state index contributed by atoms with van der Waals surface area (Å²) >= 11 is 0. The molecule has 348 valence electrons. The van der Waals surface area contributed by atoms with Crippen molar-refractivity contribution in [3.8, 4) is 0 Å². The number of likely N-dealkylation sites (N-methyl/N-ethyl adjacent to an activating group) is 2. The first-order chi connectivity index (χ1) is 33.0. The van der Waals surface area contributed by atoms with Crippen LogP contribution in [0, 0.1) is 0 Å². The minimum absolute atomic E-state index is 0.0311. The van der Waals surface area contributed by atoms with Crippen molar-refractivity contribution >= 4 is 58.5 Å². The van der Waals surface area contributed by atoms with Crippen LogP contribution < -0.4 is 21.3 Å². The van der Waals surface area contributed by atoms with Crippen molar-refractivity contribution in [3.05, 3.63) is 191 Å². The van der Waals surface area contributed by atoms with E-state index in [4.69, 9.17) is 0 Å². The summed E-state index contributed by atoms with van der Waals surface area (Å²) in [6, 6.07) is 49.0. The molecule has 2 aliphatic rings. The van der Waals surface area contributed by atoms with Crippen LogP contribution in [0.3, 0.4) is 0 Å². The fourth-order valence-corrected chi connectivity index (χ4v) is 8.86. The summed E-state index contributed by atoms with van der Waals surface area (Å²) < 4.78 is 0. The second kappa shape index (κ2) is 21.8. The smallest absolute Gasteiger partial charge is 0.256 e. The summed E-state index contributed by atoms with van der Waals surface area (Å²) in [6.45, 7) is 2.02. The van der Waals surface area contributed by atoms with E-state index in [1.54, 1.807) is 9.80 Å². The second-order valence-electron chi connectivity index (χ2n) is 18.0. The third-order valence-corrected chi connectivity index (χ3v) is 12.9. The van der Waals surface area contributed by atoms with Crippen LogP contribution in [0.5, 0.6) is 0 Å². The fraction of sp³-hybridized carbons (Fsp3) is 0.250. The molecule has 0 aliphatic carbocycles. The number of nitrogens with zero attached hydrogens (tertiary/aromatic N) is 4. The number of likely N-dealkylation sites (tertiary alicyclic amines) is 2. The molecule has 0 unspecified atom stereocenters. The standard InChI is InChI=1S/C56H60N8O4/c1-61(2)45-33-51(63(37-45)55(67)47-19-11-13-21-49(47)57-35-41-15-7-5-8-16-41)53(65)59-43-29-25-39(26-30-43)23-24-40-27-31-44(32-28-40)60-54(66)52-34-46(62(3)4)38-64(52)56(68)48-20-12-14-22-50(48)58-36-42-17-9-6-10-18-42/h5-32,45-46,51-52,57-58H,33-38H2,1-4H3,(H,59,65)(H,60,66)/t45-,46-,51-,52-/m0/s1. The Morgan fingerprint density at radius 3 is 1.21 bits per heavy atom. The van der Waals surface area contributed by atoms with Gasteiger partial charge < -0.3 is 40.9 Å². The van der Waals surface area contributed by atoms with E-state index in [0.29, 0.717) is 61.5 Å². The summed E-state index contributed by atoms with van der Waals surface area (Å²) in [5.74, 6) is -0.820. The highest BCUT2D eigenvalue weighted by Crippen LogP contribution is 2.30. The predicted octanol–water partition coefficient (Wildman–Crippen LogP) is 8.65. The van der Waals surface area contributed by atoms with Gasteiger partial charge in [-0.2, -0.15) is 0 Å². The Kier molecular flexibility index (Phi) is 15.1. The number of nitrogens with one attached hydrogen (secondary N) is 4. The number of hydrogen-bond donors (Lipinski definition) is 4. The van der Waals surface area contributed by atoms with Gasteiger partial charge in [0, 0.05) is 61.0 Å². The van der Waals surface area contributed by atoms with Gasteiger partial charge in [-0.05, 0) is 112 Å². The first-order valence-electron chi connectivity index (χ1n) is 23.2. The molecule has 2 heterocycles. The Bertz CT molecular complexity index is 2520. The quantitative estimate of drug-likeness (QED) is 0.0711. The van der Waals surface area contributed by atoms with E-state index in [1.165, 1.54) is 0 Å². The highest BCUT2D eigenvalue weighted by Gasteiger charge is 2.42. The highest BCUT2D eigenvalue weighted by molar-refractivity contribution is 6.05. The van der Waals surface area contributed by atoms with Crippen LogP contribution >= 0.6 is 0 Å². The lowest BCUT2D eigenvalue weighted by Crippen LogP contribution is -2.43. The van der Waals surface area contributed by atoms with Gasteiger partial charge in [0.05, 0.1) is 11.1 Å². The van der Waals surface area contributed by atoms with E-state index in [0.717, 1.165) is 33.6 Å². The van der Waals surface area contributed by atoms with Crippen molar-refractivity contribution in [1.29, 1.82) is 0 Å². The van der Waals surface area contributed by atoms with Crippen LogP contribution in [0.1, 0.15) is 55.8 Å². The van der Waals surface area contributed by atoms with Crippen LogP contribution in [0.15, 0.2) is 158 Å². The Labute approximate surface area is 399 Å². The molecule has 0 spiro atoms. The first-order valence-corrected chi connectivity index (χ1v) is 23.2. The Morgan fingerprint density at radius 1 is 0.485 bits per heavy atom. The summed E-state index contributed by atoms with van der Waals surface area (Å²) in [7, 11) is 7.91. The number of hydrogen-bond acceptors (Lipinski definition) is 8. The molecule has 12 nitrogen and oxygen atoms in total. The minimum Gasteiger partial charge on any atom is -0.380 e. The van der Waals surface area contributed by atoms with Gasteiger partial charge in [-0.1, -0.05) is 121 Å². The van der Waals surface area contributed by atoms with Crippen LogP contribution in [0.25, 0.3) is 12.2 Å².